The molecule has 0 radical (unpaired) electrons. The van der Waals surface area contributed by atoms with Crippen LogP contribution in [-0.4, -0.2) is 15.0 Å². The standard InChI is InChI=1S/C53H41N3/c1-52(2)47-17-11-10-16-45(47)46-33-42(28-29-48(46)53(52,3)4)36-18-21-37(22-19-36)49-54-50(43-26-20-35-14-8-9-15-38(35)31-43)56-51(55-49)44-27-25-40-30-39(23-24-41(40)32-44)34-12-6-5-7-13-34/h5-33H,1-4H3. The molecule has 3 nitrogen and oxygen atoms in total. The Morgan fingerprint density at radius 1 is 0.286 bits per heavy atom. The van der Waals surface area contributed by atoms with E-state index >= 15 is 0 Å². The van der Waals surface area contributed by atoms with Crippen molar-refractivity contribution in [2.24, 2.45) is 0 Å². The maximum atomic E-state index is 5.13. The van der Waals surface area contributed by atoms with Gasteiger partial charge in [0.1, 0.15) is 0 Å². The fraction of sp³-hybridized carbons (Fsp3) is 0.113. The van der Waals surface area contributed by atoms with Crippen molar-refractivity contribution in [1.29, 1.82) is 0 Å². The van der Waals surface area contributed by atoms with Crippen molar-refractivity contribution in [2.45, 2.75) is 38.5 Å². The highest BCUT2D eigenvalue weighted by Gasteiger charge is 2.45. The lowest BCUT2D eigenvalue weighted by Crippen LogP contribution is -2.43. The van der Waals surface area contributed by atoms with E-state index in [-0.39, 0.29) is 10.8 Å². The van der Waals surface area contributed by atoms with Crippen LogP contribution in [0.25, 0.3) is 89.1 Å². The van der Waals surface area contributed by atoms with Crippen LogP contribution in [0.1, 0.15) is 38.8 Å². The highest BCUT2D eigenvalue weighted by Crippen LogP contribution is 2.54. The van der Waals surface area contributed by atoms with Gasteiger partial charge in [0.05, 0.1) is 0 Å². The minimum atomic E-state index is -0.0195. The maximum Gasteiger partial charge on any atom is 0.164 e. The third-order valence-electron chi connectivity index (χ3n) is 12.5. The molecule has 1 aliphatic carbocycles. The zero-order chi connectivity index (χ0) is 38.0. The monoisotopic (exact) mass is 719 g/mol. The van der Waals surface area contributed by atoms with Gasteiger partial charge in [-0.25, -0.2) is 15.0 Å². The van der Waals surface area contributed by atoms with Gasteiger partial charge >= 0.3 is 0 Å². The number of fused-ring (bicyclic) bond motifs is 5. The predicted octanol–water partition coefficient (Wildman–Crippen LogP) is 13.7. The van der Waals surface area contributed by atoms with E-state index in [0.29, 0.717) is 17.5 Å². The van der Waals surface area contributed by atoms with Crippen LogP contribution in [0.2, 0.25) is 0 Å². The molecule has 3 heteroatoms. The summed E-state index contributed by atoms with van der Waals surface area (Å²) in [5.74, 6) is 1.95. The Balaban J connectivity index is 1.05. The summed E-state index contributed by atoms with van der Waals surface area (Å²) in [6.07, 6.45) is 0. The molecule has 8 aromatic carbocycles. The van der Waals surface area contributed by atoms with Gasteiger partial charge in [-0.1, -0.05) is 179 Å². The normalized spacial score (nSPS) is 14.0. The van der Waals surface area contributed by atoms with Gasteiger partial charge in [0, 0.05) is 16.7 Å². The lowest BCUT2D eigenvalue weighted by molar-refractivity contribution is 0.299. The van der Waals surface area contributed by atoms with E-state index in [9.17, 15) is 0 Å². The lowest BCUT2D eigenvalue weighted by atomic mass is 9.55. The van der Waals surface area contributed by atoms with Crippen molar-refractivity contribution in [3.63, 3.8) is 0 Å². The van der Waals surface area contributed by atoms with Crippen LogP contribution in [0.3, 0.4) is 0 Å². The molecule has 0 saturated carbocycles. The average molecular weight is 720 g/mol. The Morgan fingerprint density at radius 2 is 0.696 bits per heavy atom. The molecule has 10 rings (SSSR count). The Kier molecular flexibility index (Phi) is 7.83. The molecule has 1 aromatic heterocycles. The molecule has 1 heterocycles. The molecule has 0 saturated heterocycles. The molecule has 0 atom stereocenters. The average Bonchev–Trinajstić information content (AvgIpc) is 3.25. The number of nitrogens with zero attached hydrogens (tertiary/aromatic N) is 3. The van der Waals surface area contributed by atoms with Crippen LogP contribution in [-0.2, 0) is 10.8 Å². The van der Waals surface area contributed by atoms with Gasteiger partial charge < -0.3 is 0 Å². The summed E-state index contributed by atoms with van der Waals surface area (Å²) >= 11 is 0. The van der Waals surface area contributed by atoms with E-state index in [4.69, 9.17) is 15.0 Å². The molecular weight excluding hydrogens is 679 g/mol. The van der Waals surface area contributed by atoms with Crippen LogP contribution < -0.4 is 0 Å². The van der Waals surface area contributed by atoms with Gasteiger partial charge in [-0.15, -0.1) is 0 Å². The number of rotatable bonds is 5. The first-order valence-corrected chi connectivity index (χ1v) is 19.4. The van der Waals surface area contributed by atoms with E-state index in [2.05, 4.69) is 204 Å². The van der Waals surface area contributed by atoms with Crippen molar-refractivity contribution >= 4 is 21.5 Å². The summed E-state index contributed by atoms with van der Waals surface area (Å²) in [6.45, 7) is 9.51. The Morgan fingerprint density at radius 3 is 1.38 bits per heavy atom. The summed E-state index contributed by atoms with van der Waals surface area (Å²) in [6, 6.07) is 63.0. The van der Waals surface area contributed by atoms with Crippen molar-refractivity contribution in [1.82, 2.24) is 15.0 Å². The SMILES string of the molecule is CC1(C)c2ccccc2-c2cc(-c3ccc(-c4nc(-c5ccc6ccccc6c5)nc(-c5ccc6cc(-c7ccccc7)ccc6c5)n4)cc3)ccc2C1(C)C. The van der Waals surface area contributed by atoms with Gasteiger partial charge in [0.15, 0.2) is 17.5 Å². The number of aromatic nitrogens is 3. The van der Waals surface area contributed by atoms with E-state index in [0.717, 1.165) is 33.0 Å². The summed E-state index contributed by atoms with van der Waals surface area (Å²) in [5.41, 5.74) is 13.0. The summed E-state index contributed by atoms with van der Waals surface area (Å²) < 4.78 is 0. The third-order valence-corrected chi connectivity index (χ3v) is 12.5. The Hall–Kier alpha value is -6.71. The fourth-order valence-corrected chi connectivity index (χ4v) is 8.53. The second kappa shape index (κ2) is 13.0. The highest BCUT2D eigenvalue weighted by molar-refractivity contribution is 5.91. The predicted molar refractivity (Wildman–Crippen MR) is 234 cm³/mol. The summed E-state index contributed by atoms with van der Waals surface area (Å²) in [4.78, 5) is 15.3. The summed E-state index contributed by atoms with van der Waals surface area (Å²) in [5, 5.41) is 4.65. The second-order valence-corrected chi connectivity index (χ2v) is 16.1. The molecule has 56 heavy (non-hydrogen) atoms. The van der Waals surface area contributed by atoms with Crippen molar-refractivity contribution in [3.8, 4) is 67.5 Å². The first-order valence-electron chi connectivity index (χ1n) is 19.4. The van der Waals surface area contributed by atoms with Crippen LogP contribution in [0.4, 0.5) is 0 Å². The molecule has 1 aliphatic rings. The van der Waals surface area contributed by atoms with E-state index in [1.807, 2.05) is 0 Å². The van der Waals surface area contributed by atoms with Crippen LogP contribution in [0, 0.1) is 0 Å². The topological polar surface area (TPSA) is 38.7 Å². The van der Waals surface area contributed by atoms with Gasteiger partial charge in [-0.2, -0.15) is 0 Å². The molecule has 0 unspecified atom stereocenters. The van der Waals surface area contributed by atoms with E-state index in [1.54, 1.807) is 0 Å². The van der Waals surface area contributed by atoms with Crippen molar-refractivity contribution in [3.05, 3.63) is 187 Å². The second-order valence-electron chi connectivity index (χ2n) is 16.1. The van der Waals surface area contributed by atoms with Gasteiger partial charge in [0.2, 0.25) is 0 Å². The molecule has 0 bridgehead atoms. The summed E-state index contributed by atoms with van der Waals surface area (Å²) in [7, 11) is 0. The quantitative estimate of drug-likeness (QED) is 0.178. The largest absolute Gasteiger partial charge is 0.208 e. The highest BCUT2D eigenvalue weighted by atomic mass is 15.0. The maximum absolute atomic E-state index is 5.13. The molecule has 268 valence electrons. The van der Waals surface area contributed by atoms with Crippen LogP contribution in [0.15, 0.2) is 176 Å². The third kappa shape index (κ3) is 5.62. The first-order chi connectivity index (χ1) is 27.2. The van der Waals surface area contributed by atoms with E-state index < -0.39 is 0 Å². The number of hydrogen-bond acceptors (Lipinski definition) is 3. The molecular formula is C53H41N3. The molecule has 0 fully saturated rings. The van der Waals surface area contributed by atoms with Gasteiger partial charge in [0.25, 0.3) is 0 Å². The Bertz CT molecular complexity index is 2960. The van der Waals surface area contributed by atoms with Crippen LogP contribution in [0.5, 0.6) is 0 Å². The molecule has 9 aromatic rings. The minimum absolute atomic E-state index is 0.00754. The number of benzene rings is 8. The van der Waals surface area contributed by atoms with E-state index in [1.165, 1.54) is 49.7 Å². The van der Waals surface area contributed by atoms with Crippen molar-refractivity contribution < 1.29 is 0 Å². The lowest BCUT2D eigenvalue weighted by Gasteiger charge is -2.48. The fourth-order valence-electron chi connectivity index (χ4n) is 8.53. The smallest absolute Gasteiger partial charge is 0.164 e. The first kappa shape index (κ1) is 33.8. The Labute approximate surface area is 328 Å². The molecule has 0 amide bonds. The minimum Gasteiger partial charge on any atom is -0.208 e. The zero-order valence-electron chi connectivity index (χ0n) is 32.1. The van der Waals surface area contributed by atoms with Crippen LogP contribution >= 0.6 is 0 Å². The van der Waals surface area contributed by atoms with Crippen molar-refractivity contribution in [2.75, 3.05) is 0 Å². The number of hydrogen-bond donors (Lipinski definition) is 0. The molecule has 0 spiro atoms. The molecule has 0 N–H and O–H groups in total. The van der Waals surface area contributed by atoms with Gasteiger partial charge in [-0.05, 0) is 101 Å². The molecule has 0 aliphatic heterocycles. The van der Waals surface area contributed by atoms with Gasteiger partial charge in [-0.3, -0.25) is 0 Å². The zero-order valence-corrected chi connectivity index (χ0v) is 32.1.